The monoisotopic (exact) mass is 239 g/mol. The lowest BCUT2D eigenvalue weighted by atomic mass is 10.0. The van der Waals surface area contributed by atoms with E-state index in [1.807, 2.05) is 30.3 Å². The first-order chi connectivity index (χ1) is 8.79. The number of benzene rings is 2. The highest BCUT2D eigenvalue weighted by Gasteiger charge is 2.11. The van der Waals surface area contributed by atoms with Gasteiger partial charge in [-0.15, -0.1) is 0 Å². The van der Waals surface area contributed by atoms with Crippen LogP contribution in [0.2, 0.25) is 0 Å². The maximum Gasteiger partial charge on any atom is 0.115 e. The zero-order chi connectivity index (χ0) is 12.5. The standard InChI is InChI=1S/C14H13N3O/c15-8-10-2-1-3-12-13(10)14(17-16-12)9-4-6-11(18)7-5-9/h1-7,18H,8,15H2,(H,16,17). The highest BCUT2D eigenvalue weighted by atomic mass is 16.3. The predicted molar refractivity (Wildman–Crippen MR) is 71.1 cm³/mol. The summed E-state index contributed by atoms with van der Waals surface area (Å²) in [5, 5.41) is 17.7. The van der Waals surface area contributed by atoms with Crippen LogP contribution in [0.3, 0.4) is 0 Å². The Bertz CT molecular complexity index is 686. The molecule has 0 bridgehead atoms. The van der Waals surface area contributed by atoms with Crippen LogP contribution < -0.4 is 5.73 Å². The number of H-pyrrole nitrogens is 1. The van der Waals surface area contributed by atoms with Gasteiger partial charge in [-0.1, -0.05) is 12.1 Å². The topological polar surface area (TPSA) is 74.9 Å². The second-order valence-corrected chi connectivity index (χ2v) is 4.16. The van der Waals surface area contributed by atoms with E-state index < -0.39 is 0 Å². The van der Waals surface area contributed by atoms with Crippen LogP contribution in [0.1, 0.15) is 5.56 Å². The lowest BCUT2D eigenvalue weighted by Crippen LogP contribution is -1.96. The number of nitrogens with two attached hydrogens (primary N) is 1. The first-order valence-electron chi connectivity index (χ1n) is 5.75. The summed E-state index contributed by atoms with van der Waals surface area (Å²) < 4.78 is 0. The van der Waals surface area contributed by atoms with E-state index in [9.17, 15) is 5.11 Å². The number of fused-ring (bicyclic) bond motifs is 1. The molecule has 3 rings (SSSR count). The number of hydrogen-bond donors (Lipinski definition) is 3. The fourth-order valence-corrected chi connectivity index (χ4v) is 2.14. The quantitative estimate of drug-likeness (QED) is 0.642. The summed E-state index contributed by atoms with van der Waals surface area (Å²) in [6, 6.07) is 12.9. The molecule has 2 aromatic carbocycles. The normalized spacial score (nSPS) is 10.9. The fraction of sp³-hybridized carbons (Fsp3) is 0.0714. The molecule has 0 saturated heterocycles. The van der Waals surface area contributed by atoms with Crippen molar-refractivity contribution in [3.8, 4) is 17.0 Å². The average molecular weight is 239 g/mol. The van der Waals surface area contributed by atoms with Crippen LogP contribution in [0, 0.1) is 0 Å². The number of aromatic nitrogens is 2. The molecule has 0 atom stereocenters. The zero-order valence-corrected chi connectivity index (χ0v) is 9.72. The number of phenols is 1. The molecule has 0 fully saturated rings. The number of hydrogen-bond acceptors (Lipinski definition) is 3. The molecule has 0 saturated carbocycles. The highest BCUT2D eigenvalue weighted by Crippen LogP contribution is 2.29. The second kappa shape index (κ2) is 4.16. The molecule has 3 aromatic rings. The molecule has 0 spiro atoms. The van der Waals surface area contributed by atoms with Crippen LogP contribution in [0.4, 0.5) is 0 Å². The molecule has 90 valence electrons. The number of nitrogens with zero attached hydrogens (tertiary/aromatic N) is 1. The lowest BCUT2D eigenvalue weighted by molar-refractivity contribution is 0.475. The Morgan fingerprint density at radius 1 is 1.11 bits per heavy atom. The lowest BCUT2D eigenvalue weighted by Gasteiger charge is -2.02. The van der Waals surface area contributed by atoms with Gasteiger partial charge in [0.15, 0.2) is 0 Å². The summed E-state index contributed by atoms with van der Waals surface area (Å²) in [4.78, 5) is 0. The van der Waals surface area contributed by atoms with E-state index in [1.54, 1.807) is 12.1 Å². The number of aromatic hydroxyl groups is 1. The average Bonchev–Trinajstić information content (AvgIpc) is 2.83. The Morgan fingerprint density at radius 2 is 1.89 bits per heavy atom. The van der Waals surface area contributed by atoms with Gasteiger partial charge in [0, 0.05) is 17.5 Å². The zero-order valence-electron chi connectivity index (χ0n) is 9.72. The number of rotatable bonds is 2. The summed E-state index contributed by atoms with van der Waals surface area (Å²) in [5.41, 5.74) is 9.62. The maximum atomic E-state index is 9.32. The summed E-state index contributed by atoms with van der Waals surface area (Å²) in [7, 11) is 0. The molecular weight excluding hydrogens is 226 g/mol. The number of aromatic amines is 1. The van der Waals surface area contributed by atoms with E-state index in [0.717, 1.165) is 27.7 Å². The van der Waals surface area contributed by atoms with Crippen molar-refractivity contribution in [1.82, 2.24) is 10.2 Å². The van der Waals surface area contributed by atoms with Gasteiger partial charge in [0.05, 0.1) is 5.52 Å². The predicted octanol–water partition coefficient (Wildman–Crippen LogP) is 2.39. The first-order valence-corrected chi connectivity index (χ1v) is 5.75. The van der Waals surface area contributed by atoms with Gasteiger partial charge in [-0.3, -0.25) is 5.10 Å². The van der Waals surface area contributed by atoms with Crippen LogP contribution >= 0.6 is 0 Å². The van der Waals surface area contributed by atoms with Crippen molar-refractivity contribution in [2.45, 2.75) is 6.54 Å². The molecule has 0 aliphatic carbocycles. The van der Waals surface area contributed by atoms with Crippen LogP contribution in [-0.2, 0) is 6.54 Å². The molecule has 0 unspecified atom stereocenters. The highest BCUT2D eigenvalue weighted by molar-refractivity contribution is 5.95. The molecule has 4 N–H and O–H groups in total. The third kappa shape index (κ3) is 1.63. The van der Waals surface area contributed by atoms with Crippen molar-refractivity contribution in [1.29, 1.82) is 0 Å². The molecule has 0 aliphatic rings. The van der Waals surface area contributed by atoms with E-state index in [4.69, 9.17) is 5.73 Å². The van der Waals surface area contributed by atoms with E-state index in [0.29, 0.717) is 6.54 Å². The second-order valence-electron chi connectivity index (χ2n) is 4.16. The molecule has 4 nitrogen and oxygen atoms in total. The first kappa shape index (κ1) is 10.8. The van der Waals surface area contributed by atoms with E-state index >= 15 is 0 Å². The van der Waals surface area contributed by atoms with Crippen LogP contribution in [0.15, 0.2) is 42.5 Å². The van der Waals surface area contributed by atoms with Crippen molar-refractivity contribution in [2.24, 2.45) is 5.73 Å². The third-order valence-corrected chi connectivity index (χ3v) is 3.04. The Balaban J connectivity index is 2.26. The Labute approximate surface area is 104 Å². The SMILES string of the molecule is NCc1cccc2[nH]nc(-c3ccc(O)cc3)c12. The van der Waals surface area contributed by atoms with E-state index in [-0.39, 0.29) is 5.75 Å². The van der Waals surface area contributed by atoms with Gasteiger partial charge in [0.25, 0.3) is 0 Å². The van der Waals surface area contributed by atoms with Gasteiger partial charge in [0.1, 0.15) is 11.4 Å². The van der Waals surface area contributed by atoms with E-state index in [1.165, 1.54) is 0 Å². The van der Waals surface area contributed by atoms with Crippen LogP contribution in [-0.4, -0.2) is 15.3 Å². The molecule has 0 amide bonds. The van der Waals surface area contributed by atoms with Crippen molar-refractivity contribution in [3.05, 3.63) is 48.0 Å². The van der Waals surface area contributed by atoms with Gasteiger partial charge < -0.3 is 10.8 Å². The smallest absolute Gasteiger partial charge is 0.115 e. The summed E-state index contributed by atoms with van der Waals surface area (Å²) in [6.45, 7) is 0.474. The minimum Gasteiger partial charge on any atom is -0.508 e. The van der Waals surface area contributed by atoms with Crippen molar-refractivity contribution >= 4 is 10.9 Å². The van der Waals surface area contributed by atoms with E-state index in [2.05, 4.69) is 10.2 Å². The molecule has 0 aliphatic heterocycles. The number of nitrogens with one attached hydrogen (secondary N) is 1. The Kier molecular flexibility index (Phi) is 2.50. The minimum atomic E-state index is 0.248. The number of phenolic OH excluding ortho intramolecular Hbond substituents is 1. The van der Waals surface area contributed by atoms with Crippen molar-refractivity contribution in [2.75, 3.05) is 0 Å². The molecule has 4 heteroatoms. The van der Waals surface area contributed by atoms with Crippen LogP contribution in [0.25, 0.3) is 22.2 Å². The molecule has 0 radical (unpaired) electrons. The van der Waals surface area contributed by atoms with Gasteiger partial charge in [-0.05, 0) is 35.9 Å². The Morgan fingerprint density at radius 3 is 2.61 bits per heavy atom. The van der Waals surface area contributed by atoms with Gasteiger partial charge >= 0.3 is 0 Å². The van der Waals surface area contributed by atoms with Gasteiger partial charge in [-0.25, -0.2) is 0 Å². The molecular formula is C14H13N3O. The molecule has 1 aromatic heterocycles. The largest absolute Gasteiger partial charge is 0.508 e. The summed E-state index contributed by atoms with van der Waals surface area (Å²) in [6.07, 6.45) is 0. The molecule has 1 heterocycles. The fourth-order valence-electron chi connectivity index (χ4n) is 2.14. The summed E-state index contributed by atoms with van der Waals surface area (Å²) >= 11 is 0. The Hall–Kier alpha value is -2.33. The maximum absolute atomic E-state index is 9.32. The van der Waals surface area contributed by atoms with Gasteiger partial charge in [-0.2, -0.15) is 5.10 Å². The van der Waals surface area contributed by atoms with Crippen molar-refractivity contribution in [3.63, 3.8) is 0 Å². The van der Waals surface area contributed by atoms with Gasteiger partial charge in [0.2, 0.25) is 0 Å². The van der Waals surface area contributed by atoms with Crippen LogP contribution in [0.5, 0.6) is 5.75 Å². The van der Waals surface area contributed by atoms with Crippen molar-refractivity contribution < 1.29 is 5.11 Å². The summed E-state index contributed by atoms with van der Waals surface area (Å²) in [5.74, 6) is 0.248. The third-order valence-electron chi connectivity index (χ3n) is 3.04. The molecule has 18 heavy (non-hydrogen) atoms. The minimum absolute atomic E-state index is 0.248.